The first-order valence-electron chi connectivity index (χ1n) is 3.45. The zero-order chi connectivity index (χ0) is 6.91. The van der Waals surface area contributed by atoms with Gasteiger partial charge in [0.15, 0.2) is 0 Å². The summed E-state index contributed by atoms with van der Waals surface area (Å²) in [4.78, 5) is 0. The van der Waals surface area contributed by atoms with Crippen LogP contribution in [0.3, 0.4) is 0 Å². The van der Waals surface area contributed by atoms with Crippen LogP contribution < -0.4 is 0 Å². The predicted octanol–water partition coefficient (Wildman–Crippen LogP) is 0.936. The fraction of sp³-hybridized carbons (Fsp3) is 1.00. The molecule has 0 saturated heterocycles. The number of ether oxygens (including phenoxy) is 1. The molecule has 9 heavy (non-hydrogen) atoms. The van der Waals surface area contributed by atoms with Crippen molar-refractivity contribution in [1.82, 2.24) is 0 Å². The third-order valence-electron chi connectivity index (χ3n) is 1.70. The first-order chi connectivity index (χ1) is 4.16. The number of hydrogen-bond acceptors (Lipinski definition) is 2. The normalized spacial score (nSPS) is 25.7. The van der Waals surface area contributed by atoms with Gasteiger partial charge in [-0.1, -0.05) is 0 Å². The zero-order valence-corrected chi connectivity index (χ0v) is 6.05. The molecule has 0 amide bonds. The van der Waals surface area contributed by atoms with Gasteiger partial charge in [-0.2, -0.15) is 0 Å². The third kappa shape index (κ3) is 1.95. The molecular weight excluding hydrogens is 116 g/mol. The topological polar surface area (TPSA) is 29.5 Å². The maximum Gasteiger partial charge on any atom is 0.0785 e. The number of aliphatic hydroxyl groups excluding tert-OH is 1. The maximum atomic E-state index is 8.60. The molecule has 0 radical (unpaired) electrons. The Hall–Kier alpha value is -0.0800. The minimum Gasteiger partial charge on any atom is -0.394 e. The standard InChI is InChI=1S/C7H14O2/c1-6(5-8)9-7(2)3-4-7/h6,8H,3-5H2,1-2H3. The number of aliphatic hydroxyl groups is 1. The molecular formula is C7H14O2. The van der Waals surface area contributed by atoms with Crippen LogP contribution in [0.4, 0.5) is 0 Å². The Bertz CT molecular complexity index is 97.1. The molecule has 0 aromatic carbocycles. The van der Waals surface area contributed by atoms with Crippen molar-refractivity contribution in [2.45, 2.75) is 38.4 Å². The van der Waals surface area contributed by atoms with Crippen molar-refractivity contribution in [3.63, 3.8) is 0 Å². The van der Waals surface area contributed by atoms with E-state index in [0.29, 0.717) is 0 Å². The van der Waals surface area contributed by atoms with Crippen LogP contribution in [-0.4, -0.2) is 23.4 Å². The van der Waals surface area contributed by atoms with Gasteiger partial charge < -0.3 is 9.84 Å². The van der Waals surface area contributed by atoms with Gasteiger partial charge in [0, 0.05) is 0 Å². The van der Waals surface area contributed by atoms with Gasteiger partial charge in [-0.25, -0.2) is 0 Å². The van der Waals surface area contributed by atoms with Crippen molar-refractivity contribution in [2.24, 2.45) is 0 Å². The lowest BCUT2D eigenvalue weighted by molar-refractivity contribution is -0.0355. The molecule has 1 fully saturated rings. The van der Waals surface area contributed by atoms with Gasteiger partial charge in [0.05, 0.1) is 18.3 Å². The summed E-state index contributed by atoms with van der Waals surface area (Å²) in [6.07, 6.45) is 2.31. The summed E-state index contributed by atoms with van der Waals surface area (Å²) >= 11 is 0. The van der Waals surface area contributed by atoms with Crippen molar-refractivity contribution in [1.29, 1.82) is 0 Å². The van der Waals surface area contributed by atoms with Crippen LogP contribution in [-0.2, 0) is 4.74 Å². The fourth-order valence-corrected chi connectivity index (χ4v) is 0.817. The van der Waals surface area contributed by atoms with E-state index in [4.69, 9.17) is 9.84 Å². The minimum atomic E-state index is 0.0116. The average molecular weight is 130 g/mol. The van der Waals surface area contributed by atoms with Crippen LogP contribution in [0.25, 0.3) is 0 Å². The summed E-state index contributed by atoms with van der Waals surface area (Å²) in [6, 6.07) is 0. The van der Waals surface area contributed by atoms with Crippen molar-refractivity contribution in [3.8, 4) is 0 Å². The highest BCUT2D eigenvalue weighted by atomic mass is 16.5. The molecule has 0 bridgehead atoms. The van der Waals surface area contributed by atoms with Gasteiger partial charge in [-0.05, 0) is 26.7 Å². The molecule has 1 N–H and O–H groups in total. The zero-order valence-electron chi connectivity index (χ0n) is 6.05. The van der Waals surface area contributed by atoms with Crippen molar-refractivity contribution < 1.29 is 9.84 Å². The van der Waals surface area contributed by atoms with E-state index < -0.39 is 0 Å². The summed E-state index contributed by atoms with van der Waals surface area (Å²) in [7, 11) is 0. The van der Waals surface area contributed by atoms with Crippen LogP contribution in [0.2, 0.25) is 0 Å². The second-order valence-electron chi connectivity index (χ2n) is 3.06. The molecule has 0 aromatic heterocycles. The van der Waals surface area contributed by atoms with E-state index in [-0.39, 0.29) is 18.3 Å². The summed E-state index contributed by atoms with van der Waals surface area (Å²) in [6.45, 7) is 4.11. The van der Waals surface area contributed by atoms with E-state index in [0.717, 1.165) is 12.8 Å². The summed E-state index contributed by atoms with van der Waals surface area (Å²) in [5.74, 6) is 0. The predicted molar refractivity (Wildman–Crippen MR) is 35.3 cm³/mol. The van der Waals surface area contributed by atoms with Gasteiger partial charge in [-0.15, -0.1) is 0 Å². The van der Waals surface area contributed by atoms with Gasteiger partial charge in [0.2, 0.25) is 0 Å². The minimum absolute atomic E-state index is 0.0116. The number of rotatable bonds is 3. The smallest absolute Gasteiger partial charge is 0.0785 e. The van der Waals surface area contributed by atoms with E-state index >= 15 is 0 Å². The molecule has 2 heteroatoms. The Labute approximate surface area is 55.8 Å². The molecule has 1 saturated carbocycles. The summed E-state index contributed by atoms with van der Waals surface area (Å²) in [5, 5.41) is 8.60. The van der Waals surface area contributed by atoms with Gasteiger partial charge >= 0.3 is 0 Å². The summed E-state index contributed by atoms with van der Waals surface area (Å²) in [5.41, 5.74) is 0.113. The largest absolute Gasteiger partial charge is 0.394 e. The highest BCUT2D eigenvalue weighted by Crippen LogP contribution is 2.39. The average Bonchev–Trinajstić information content (AvgIpc) is 2.48. The summed E-state index contributed by atoms with van der Waals surface area (Å²) < 4.78 is 5.45. The lowest BCUT2D eigenvalue weighted by Gasteiger charge is -2.15. The van der Waals surface area contributed by atoms with Gasteiger partial charge in [0.1, 0.15) is 0 Å². The van der Waals surface area contributed by atoms with Crippen LogP contribution >= 0.6 is 0 Å². The molecule has 1 unspecified atom stereocenters. The first kappa shape index (κ1) is 7.03. The third-order valence-corrected chi connectivity index (χ3v) is 1.70. The highest BCUT2D eigenvalue weighted by Gasteiger charge is 2.39. The maximum absolute atomic E-state index is 8.60. The molecule has 54 valence electrons. The molecule has 0 spiro atoms. The van der Waals surface area contributed by atoms with Crippen LogP contribution in [0, 0.1) is 0 Å². The first-order valence-corrected chi connectivity index (χ1v) is 3.45. The molecule has 0 aliphatic heterocycles. The lowest BCUT2D eigenvalue weighted by atomic mass is 10.3. The van der Waals surface area contributed by atoms with Crippen molar-refractivity contribution in [3.05, 3.63) is 0 Å². The van der Waals surface area contributed by atoms with Crippen LogP contribution in [0.15, 0.2) is 0 Å². The quantitative estimate of drug-likeness (QED) is 0.616. The van der Waals surface area contributed by atoms with E-state index in [2.05, 4.69) is 6.92 Å². The fourth-order valence-electron chi connectivity index (χ4n) is 0.817. The molecule has 2 nitrogen and oxygen atoms in total. The number of hydrogen-bond donors (Lipinski definition) is 1. The van der Waals surface area contributed by atoms with E-state index in [1.165, 1.54) is 0 Å². The molecule has 1 rings (SSSR count). The molecule has 0 aromatic rings. The Kier molecular flexibility index (Phi) is 1.78. The molecule has 1 aliphatic carbocycles. The molecule has 1 aliphatic rings. The Morgan fingerprint density at radius 1 is 1.67 bits per heavy atom. The Morgan fingerprint density at radius 3 is 2.56 bits per heavy atom. The Morgan fingerprint density at radius 2 is 2.22 bits per heavy atom. The second kappa shape index (κ2) is 2.27. The molecule has 0 heterocycles. The molecule has 1 atom stereocenters. The van der Waals surface area contributed by atoms with Crippen molar-refractivity contribution >= 4 is 0 Å². The van der Waals surface area contributed by atoms with E-state index in [1.807, 2.05) is 6.92 Å². The van der Waals surface area contributed by atoms with Crippen LogP contribution in [0.1, 0.15) is 26.7 Å². The van der Waals surface area contributed by atoms with Gasteiger partial charge in [-0.3, -0.25) is 0 Å². The van der Waals surface area contributed by atoms with E-state index in [9.17, 15) is 0 Å². The SMILES string of the molecule is CC(CO)OC1(C)CC1. The monoisotopic (exact) mass is 130 g/mol. The highest BCUT2D eigenvalue weighted by molar-refractivity contribution is 4.91. The van der Waals surface area contributed by atoms with Gasteiger partial charge in [0.25, 0.3) is 0 Å². The van der Waals surface area contributed by atoms with Crippen molar-refractivity contribution in [2.75, 3.05) is 6.61 Å². The Balaban J connectivity index is 2.17. The lowest BCUT2D eigenvalue weighted by Crippen LogP contribution is -2.20. The second-order valence-corrected chi connectivity index (χ2v) is 3.06. The van der Waals surface area contributed by atoms with E-state index in [1.54, 1.807) is 0 Å². The van der Waals surface area contributed by atoms with Crippen LogP contribution in [0.5, 0.6) is 0 Å².